The molecule has 41 heavy (non-hydrogen) atoms. The standard InChI is InChI=1S/C28H24ClF3N6O3/c1-15-10-34-25(37-12-20(32)27(36-37)28(5-4-6-28)35-17(3)40)9-22(15)38-16(2)7-24(26(29)23(38)13-39)41-14-21-19(31)8-18(30)11-33-21/h7-12H,4-6,14H2,1-3H3,(H,35,40)/i14D2. The van der Waals surface area contributed by atoms with Gasteiger partial charge in [0.1, 0.15) is 34.6 Å². The quantitative estimate of drug-likeness (QED) is 0.388. The molecule has 5 rings (SSSR count). The lowest BCUT2D eigenvalue weighted by Gasteiger charge is -2.40. The van der Waals surface area contributed by atoms with E-state index < -0.39 is 35.2 Å². The number of allylic oxidation sites excluding steroid dienone is 3. The number of anilines is 1. The fraction of sp³-hybridized carbons (Fsp3) is 0.286. The molecule has 3 aromatic rings. The zero-order valence-electron chi connectivity index (χ0n) is 24.1. The number of nitrogens with one attached hydrogen (secondary N) is 1. The maximum atomic E-state index is 15.1. The minimum absolute atomic E-state index is 0.0921. The molecule has 0 bridgehead atoms. The van der Waals surface area contributed by atoms with E-state index in [2.05, 4.69) is 20.4 Å². The summed E-state index contributed by atoms with van der Waals surface area (Å²) in [4.78, 5) is 33.2. The molecule has 2 aliphatic rings. The highest BCUT2D eigenvalue weighted by atomic mass is 35.5. The Morgan fingerprint density at radius 2 is 1.98 bits per heavy atom. The van der Waals surface area contributed by atoms with Crippen LogP contribution in [0.15, 0.2) is 59.0 Å². The third-order valence-corrected chi connectivity index (χ3v) is 7.15. The van der Waals surface area contributed by atoms with Gasteiger partial charge in [-0.2, -0.15) is 5.10 Å². The molecule has 1 aliphatic heterocycles. The average molecular weight is 587 g/mol. The van der Waals surface area contributed by atoms with Gasteiger partial charge in [0.15, 0.2) is 29.1 Å². The van der Waals surface area contributed by atoms with Crippen molar-refractivity contribution in [2.24, 2.45) is 0 Å². The second-order valence-electron chi connectivity index (χ2n) is 9.65. The van der Waals surface area contributed by atoms with Crippen molar-refractivity contribution in [3.05, 3.63) is 93.4 Å². The fourth-order valence-corrected chi connectivity index (χ4v) is 4.94. The SMILES string of the molecule is [2H]C([2H])(OC1=C(Cl)C(=C=O)N(c2cc(-n3cc(F)c(C4(NC(C)=O)CCC4)n3)ncc2C)C(C)=C1)c1ncc(F)cc1F. The predicted molar refractivity (Wildman–Crippen MR) is 143 cm³/mol. The van der Waals surface area contributed by atoms with Gasteiger partial charge in [0.2, 0.25) is 5.91 Å². The number of aromatic nitrogens is 4. The fourth-order valence-electron chi connectivity index (χ4n) is 4.73. The molecule has 13 heteroatoms. The highest BCUT2D eigenvalue weighted by Crippen LogP contribution is 2.42. The van der Waals surface area contributed by atoms with E-state index in [0.29, 0.717) is 42.1 Å². The van der Waals surface area contributed by atoms with Crippen molar-refractivity contribution in [1.82, 2.24) is 25.1 Å². The minimum Gasteiger partial charge on any atom is -0.485 e. The maximum absolute atomic E-state index is 15.1. The molecule has 0 radical (unpaired) electrons. The van der Waals surface area contributed by atoms with Gasteiger partial charge in [0, 0.05) is 37.0 Å². The van der Waals surface area contributed by atoms with Crippen molar-refractivity contribution in [3.8, 4) is 5.82 Å². The number of aryl methyl sites for hydroxylation is 1. The van der Waals surface area contributed by atoms with Crippen LogP contribution in [0.1, 0.15) is 52.8 Å². The molecule has 1 amide bonds. The molecule has 1 aliphatic carbocycles. The number of pyridine rings is 2. The first-order chi connectivity index (χ1) is 20.3. The number of carbonyl (C=O) groups excluding carboxylic acids is 2. The number of amides is 1. The number of nitrogens with zero attached hydrogens (tertiary/aromatic N) is 5. The molecular weight excluding hydrogens is 561 g/mol. The van der Waals surface area contributed by atoms with Gasteiger partial charge in [-0.25, -0.2) is 27.6 Å². The first-order valence-electron chi connectivity index (χ1n) is 13.4. The summed E-state index contributed by atoms with van der Waals surface area (Å²) in [6, 6.07) is 2.00. The Morgan fingerprint density at radius 3 is 2.61 bits per heavy atom. The van der Waals surface area contributed by atoms with Crippen molar-refractivity contribution >= 4 is 29.1 Å². The van der Waals surface area contributed by atoms with Crippen LogP contribution in [0.3, 0.4) is 0 Å². The summed E-state index contributed by atoms with van der Waals surface area (Å²) in [6.45, 7) is 1.76. The van der Waals surface area contributed by atoms with Gasteiger partial charge in [0.25, 0.3) is 0 Å². The lowest BCUT2D eigenvalue weighted by atomic mass is 9.74. The molecule has 1 fully saturated rings. The molecule has 0 atom stereocenters. The highest BCUT2D eigenvalue weighted by Gasteiger charge is 2.44. The number of hydrogen-bond donors (Lipinski definition) is 1. The number of halogens is 4. The number of carbonyl (C=O) groups is 1. The smallest absolute Gasteiger partial charge is 0.217 e. The van der Waals surface area contributed by atoms with E-state index in [9.17, 15) is 18.4 Å². The van der Waals surface area contributed by atoms with Crippen LogP contribution in [0.2, 0.25) is 0 Å². The topological polar surface area (TPSA) is 102 Å². The van der Waals surface area contributed by atoms with E-state index in [1.807, 2.05) is 0 Å². The largest absolute Gasteiger partial charge is 0.485 e. The van der Waals surface area contributed by atoms with Gasteiger partial charge in [-0.3, -0.25) is 9.78 Å². The molecule has 4 heterocycles. The van der Waals surface area contributed by atoms with Crippen LogP contribution in [0.5, 0.6) is 0 Å². The molecule has 3 aromatic heterocycles. The van der Waals surface area contributed by atoms with Crippen LogP contribution in [0.25, 0.3) is 5.82 Å². The van der Waals surface area contributed by atoms with Gasteiger partial charge in [0.05, 0.1) is 26.4 Å². The van der Waals surface area contributed by atoms with Crippen molar-refractivity contribution < 1.29 is 30.2 Å². The van der Waals surface area contributed by atoms with E-state index in [1.54, 1.807) is 25.9 Å². The Kier molecular flexibility index (Phi) is 6.77. The van der Waals surface area contributed by atoms with Gasteiger partial charge in [-0.1, -0.05) is 11.6 Å². The Balaban J connectivity index is 1.49. The zero-order chi connectivity index (χ0) is 31.3. The van der Waals surface area contributed by atoms with Crippen LogP contribution in [0.4, 0.5) is 18.9 Å². The predicted octanol–water partition coefficient (Wildman–Crippen LogP) is 5.01. The summed E-state index contributed by atoms with van der Waals surface area (Å²) >= 11 is 6.48. The van der Waals surface area contributed by atoms with Gasteiger partial charge >= 0.3 is 0 Å². The van der Waals surface area contributed by atoms with Crippen molar-refractivity contribution in [1.29, 1.82) is 0 Å². The lowest BCUT2D eigenvalue weighted by molar-refractivity contribution is -0.122. The Bertz CT molecular complexity index is 1770. The van der Waals surface area contributed by atoms with Crippen molar-refractivity contribution in [2.75, 3.05) is 4.90 Å². The van der Waals surface area contributed by atoms with Crippen LogP contribution in [-0.2, 0) is 26.4 Å². The van der Waals surface area contributed by atoms with E-state index in [0.717, 1.165) is 12.6 Å². The lowest BCUT2D eigenvalue weighted by Crippen LogP contribution is -2.50. The maximum Gasteiger partial charge on any atom is 0.217 e. The number of ether oxygens (including phenoxy) is 1. The van der Waals surface area contributed by atoms with Crippen LogP contribution in [0, 0.1) is 24.4 Å². The molecule has 9 nitrogen and oxygen atoms in total. The van der Waals surface area contributed by atoms with E-state index in [1.165, 1.54) is 28.8 Å². The number of hydrogen-bond acceptors (Lipinski definition) is 7. The highest BCUT2D eigenvalue weighted by molar-refractivity contribution is 6.33. The summed E-state index contributed by atoms with van der Waals surface area (Å²) in [5, 5.41) is 6.86. The molecule has 0 saturated heterocycles. The molecule has 212 valence electrons. The second kappa shape index (κ2) is 10.9. The molecule has 1 N–H and O–H groups in total. The van der Waals surface area contributed by atoms with Crippen LogP contribution < -0.4 is 10.2 Å². The molecule has 1 saturated carbocycles. The Morgan fingerprint density at radius 1 is 1.22 bits per heavy atom. The monoisotopic (exact) mass is 586 g/mol. The third kappa shape index (κ3) is 5.23. The normalized spacial score (nSPS) is 17.3. The Hall–Kier alpha value is -4.41. The summed E-state index contributed by atoms with van der Waals surface area (Å²) in [6.07, 6.45) is 6.47. The summed E-state index contributed by atoms with van der Waals surface area (Å²) in [5.41, 5.74) is -0.596. The summed E-state index contributed by atoms with van der Waals surface area (Å²) < 4.78 is 65.7. The summed E-state index contributed by atoms with van der Waals surface area (Å²) in [7, 11) is 0. The number of rotatable bonds is 7. The second-order valence-corrected chi connectivity index (χ2v) is 10.0. The average Bonchev–Trinajstić information content (AvgIpc) is 3.29. The Labute approximate surface area is 240 Å². The van der Waals surface area contributed by atoms with Crippen LogP contribution >= 0.6 is 11.6 Å². The van der Waals surface area contributed by atoms with E-state index >= 15 is 4.39 Å². The van der Waals surface area contributed by atoms with Gasteiger partial charge in [-0.15, -0.1) is 0 Å². The zero-order valence-corrected chi connectivity index (χ0v) is 22.8. The minimum atomic E-state index is -2.89. The first-order valence-corrected chi connectivity index (χ1v) is 12.8. The van der Waals surface area contributed by atoms with Gasteiger partial charge < -0.3 is 15.0 Å². The molecular formula is C28H24ClF3N6O3. The third-order valence-electron chi connectivity index (χ3n) is 6.78. The van der Waals surface area contributed by atoms with Crippen LogP contribution in [-0.4, -0.2) is 31.6 Å². The molecule has 0 aromatic carbocycles. The van der Waals surface area contributed by atoms with E-state index in [4.69, 9.17) is 19.1 Å². The van der Waals surface area contributed by atoms with E-state index in [-0.39, 0.29) is 33.9 Å². The first kappa shape index (κ1) is 25.6. The van der Waals surface area contributed by atoms with Crippen molar-refractivity contribution in [2.45, 2.75) is 52.1 Å². The molecule has 0 spiro atoms. The van der Waals surface area contributed by atoms with Gasteiger partial charge in [-0.05, 0) is 38.7 Å². The van der Waals surface area contributed by atoms with Crippen molar-refractivity contribution in [3.63, 3.8) is 0 Å². The molecule has 0 unspecified atom stereocenters. The summed E-state index contributed by atoms with van der Waals surface area (Å²) in [5.74, 6) is -1.58.